The quantitative estimate of drug-likeness (QED) is 0.518. The topological polar surface area (TPSA) is 102 Å². The highest BCUT2D eigenvalue weighted by molar-refractivity contribution is 5.99. The highest BCUT2D eigenvalue weighted by atomic mass is 19.1. The number of rotatable bonds is 7. The lowest BCUT2D eigenvalue weighted by Crippen LogP contribution is -2.55. The molecule has 0 radical (unpaired) electrons. The molecule has 12 heteroatoms. The van der Waals surface area contributed by atoms with Crippen LogP contribution in [0.1, 0.15) is 78.9 Å². The Morgan fingerprint density at radius 2 is 2.08 bits per heavy atom. The minimum absolute atomic E-state index is 0.0158. The first kappa shape index (κ1) is 27.7. The molecule has 3 aliphatic rings. The van der Waals surface area contributed by atoms with Crippen LogP contribution in [0.2, 0.25) is 0 Å². The van der Waals surface area contributed by atoms with E-state index in [9.17, 15) is 23.2 Å². The molecule has 0 aliphatic carbocycles. The van der Waals surface area contributed by atoms with Gasteiger partial charge >= 0.3 is 0 Å². The van der Waals surface area contributed by atoms with Crippen LogP contribution in [-0.2, 0) is 11.4 Å². The summed E-state index contributed by atoms with van der Waals surface area (Å²) in [5.41, 5.74) is -2.53. The molecule has 2 bridgehead atoms. The summed E-state index contributed by atoms with van der Waals surface area (Å²) in [5.74, 6) is -3.24. The third-order valence-corrected chi connectivity index (χ3v) is 8.01. The zero-order chi connectivity index (χ0) is 28.8. The minimum atomic E-state index is -1.58. The van der Waals surface area contributed by atoms with Gasteiger partial charge in [0.2, 0.25) is 5.43 Å². The molecule has 1 N–H and O–H groups in total. The van der Waals surface area contributed by atoms with Gasteiger partial charge in [0.15, 0.2) is 23.2 Å². The Balaban J connectivity index is 1.61. The number of alkyl halides is 1. The summed E-state index contributed by atoms with van der Waals surface area (Å²) >= 11 is 0. The Hall–Kier alpha value is -3.83. The SMILES string of the molecule is CCCCOc1c2n(cc(C(=O)NCc3ccc(F)cc3F)c1=O)[C@@H]1CN(C2=O)[C@@H](C)CC[C@@]12ON=C(C)[C@H]2F. The molecule has 214 valence electrons. The van der Waals surface area contributed by atoms with Crippen molar-refractivity contribution in [2.75, 3.05) is 13.2 Å². The molecule has 1 aromatic carbocycles. The average molecular weight is 561 g/mol. The number of halogens is 3. The van der Waals surface area contributed by atoms with Crippen molar-refractivity contribution in [1.29, 1.82) is 0 Å². The van der Waals surface area contributed by atoms with Gasteiger partial charge in [0.1, 0.15) is 17.2 Å². The van der Waals surface area contributed by atoms with Crippen molar-refractivity contribution in [3.05, 3.63) is 63.1 Å². The van der Waals surface area contributed by atoms with Crippen LogP contribution in [0.4, 0.5) is 13.2 Å². The van der Waals surface area contributed by atoms with E-state index < -0.39 is 46.7 Å². The van der Waals surface area contributed by atoms with E-state index in [1.54, 1.807) is 4.90 Å². The lowest BCUT2D eigenvalue weighted by molar-refractivity contribution is -0.0956. The first-order valence-corrected chi connectivity index (χ1v) is 13.4. The summed E-state index contributed by atoms with van der Waals surface area (Å²) in [6.07, 6.45) is 1.67. The van der Waals surface area contributed by atoms with E-state index in [0.29, 0.717) is 18.9 Å². The number of aromatic nitrogens is 1. The van der Waals surface area contributed by atoms with E-state index in [1.807, 2.05) is 13.8 Å². The molecule has 0 saturated carbocycles. The summed E-state index contributed by atoms with van der Waals surface area (Å²) < 4.78 is 50.5. The van der Waals surface area contributed by atoms with Crippen molar-refractivity contribution < 1.29 is 32.3 Å². The number of nitrogens with zero attached hydrogens (tertiary/aromatic N) is 3. The number of ether oxygens (including phenoxy) is 1. The van der Waals surface area contributed by atoms with Gasteiger partial charge in [0.25, 0.3) is 11.8 Å². The largest absolute Gasteiger partial charge is 0.487 e. The molecule has 2 amide bonds. The molecule has 1 saturated heterocycles. The molecule has 1 fully saturated rings. The van der Waals surface area contributed by atoms with Crippen LogP contribution in [0.25, 0.3) is 0 Å². The maximum atomic E-state index is 15.8. The molecular formula is C28H31F3N4O5. The predicted octanol–water partition coefficient (Wildman–Crippen LogP) is 3.90. The second kappa shape index (κ2) is 10.6. The highest BCUT2D eigenvalue weighted by Gasteiger charge is 2.59. The van der Waals surface area contributed by atoms with E-state index in [1.165, 1.54) is 23.8 Å². The first-order valence-electron chi connectivity index (χ1n) is 13.4. The van der Waals surface area contributed by atoms with Crippen molar-refractivity contribution in [2.24, 2.45) is 5.16 Å². The van der Waals surface area contributed by atoms with E-state index in [4.69, 9.17) is 9.57 Å². The summed E-state index contributed by atoms with van der Waals surface area (Å²) in [4.78, 5) is 48.0. The summed E-state index contributed by atoms with van der Waals surface area (Å²) in [6.45, 7) is 5.19. The lowest BCUT2D eigenvalue weighted by atomic mass is 9.82. The van der Waals surface area contributed by atoms with E-state index in [-0.39, 0.29) is 60.4 Å². The average Bonchev–Trinajstić information content (AvgIpc) is 3.13. The molecule has 5 rings (SSSR count). The Labute approximate surface area is 228 Å². The van der Waals surface area contributed by atoms with Gasteiger partial charge in [-0.15, -0.1) is 0 Å². The lowest BCUT2D eigenvalue weighted by Gasteiger charge is -2.42. The van der Waals surface area contributed by atoms with Gasteiger partial charge in [-0.1, -0.05) is 24.6 Å². The third-order valence-electron chi connectivity index (χ3n) is 8.01. The maximum Gasteiger partial charge on any atom is 0.274 e. The molecule has 3 aliphatic heterocycles. The minimum Gasteiger partial charge on any atom is -0.487 e. The molecule has 9 nitrogen and oxygen atoms in total. The second-order valence-corrected chi connectivity index (χ2v) is 10.6. The van der Waals surface area contributed by atoms with Gasteiger partial charge in [-0.25, -0.2) is 13.2 Å². The molecule has 2 aromatic rings. The van der Waals surface area contributed by atoms with E-state index in [2.05, 4.69) is 10.5 Å². The Morgan fingerprint density at radius 3 is 2.75 bits per heavy atom. The van der Waals surface area contributed by atoms with Crippen molar-refractivity contribution in [3.63, 3.8) is 0 Å². The Kier molecular flexibility index (Phi) is 7.36. The van der Waals surface area contributed by atoms with E-state index >= 15 is 4.39 Å². The van der Waals surface area contributed by atoms with Crippen LogP contribution in [0.5, 0.6) is 5.75 Å². The number of hydrogen-bond donors (Lipinski definition) is 1. The van der Waals surface area contributed by atoms with Crippen LogP contribution in [0.15, 0.2) is 34.3 Å². The molecular weight excluding hydrogens is 529 g/mol. The number of pyridine rings is 1. The molecule has 4 atom stereocenters. The number of hydrogen-bond acceptors (Lipinski definition) is 6. The number of carbonyl (C=O) groups is 2. The van der Waals surface area contributed by atoms with Crippen molar-refractivity contribution in [1.82, 2.24) is 14.8 Å². The van der Waals surface area contributed by atoms with Gasteiger partial charge in [0, 0.05) is 37.0 Å². The summed E-state index contributed by atoms with van der Waals surface area (Å²) in [6, 6.07) is 1.84. The van der Waals surface area contributed by atoms with Crippen LogP contribution in [-0.4, -0.2) is 58.0 Å². The fourth-order valence-electron chi connectivity index (χ4n) is 5.64. The van der Waals surface area contributed by atoms with Gasteiger partial charge in [-0.3, -0.25) is 14.4 Å². The van der Waals surface area contributed by atoms with Crippen LogP contribution in [0, 0.1) is 11.6 Å². The Morgan fingerprint density at radius 1 is 1.30 bits per heavy atom. The van der Waals surface area contributed by atoms with Crippen molar-refractivity contribution in [2.45, 2.75) is 76.9 Å². The fraction of sp³-hybridized carbons (Fsp3) is 0.500. The second-order valence-electron chi connectivity index (χ2n) is 10.6. The molecule has 1 spiro atoms. The van der Waals surface area contributed by atoms with Crippen LogP contribution < -0.4 is 15.5 Å². The zero-order valence-electron chi connectivity index (χ0n) is 22.5. The van der Waals surface area contributed by atoms with Crippen molar-refractivity contribution in [3.8, 4) is 5.75 Å². The summed E-state index contributed by atoms with van der Waals surface area (Å²) in [5, 5.41) is 6.41. The third kappa shape index (κ3) is 4.52. The number of nitrogens with one attached hydrogen (secondary N) is 1. The van der Waals surface area contributed by atoms with Gasteiger partial charge in [-0.2, -0.15) is 0 Å². The molecule has 4 heterocycles. The van der Waals surface area contributed by atoms with Gasteiger partial charge in [-0.05, 0) is 39.2 Å². The Bertz CT molecular complexity index is 1440. The number of unbranched alkanes of at least 4 members (excludes halogenated alkanes) is 1. The van der Waals surface area contributed by atoms with Crippen LogP contribution in [0.3, 0.4) is 0 Å². The van der Waals surface area contributed by atoms with Gasteiger partial charge < -0.3 is 24.4 Å². The fourth-order valence-corrected chi connectivity index (χ4v) is 5.64. The maximum absolute atomic E-state index is 15.8. The predicted molar refractivity (Wildman–Crippen MR) is 139 cm³/mol. The first-order chi connectivity index (χ1) is 19.1. The number of amides is 2. The molecule has 1 aromatic heterocycles. The smallest absolute Gasteiger partial charge is 0.274 e. The highest BCUT2D eigenvalue weighted by Crippen LogP contribution is 2.47. The standard InChI is InChI=1S/C28H31F3N4O5/c1-4-5-10-39-24-22-27(38)34-14-21(28(9-8-15(34)2)25(31)16(3)33-40-28)35(22)13-19(23(24)36)26(37)32-12-17-6-7-18(29)11-20(17)30/h6-7,11,13,15,21,25H,4-5,8-10,12,14H2,1-3H3,(H,32,37)/t15-,21+,25+,28+/m0/s1. The monoisotopic (exact) mass is 560 g/mol. The summed E-state index contributed by atoms with van der Waals surface area (Å²) in [7, 11) is 0. The molecule has 0 unspecified atom stereocenters. The van der Waals surface area contributed by atoms with E-state index in [0.717, 1.165) is 12.5 Å². The number of carbonyl (C=O) groups excluding carboxylic acids is 2. The van der Waals surface area contributed by atoms with Crippen LogP contribution >= 0.6 is 0 Å². The number of oxime groups is 1. The van der Waals surface area contributed by atoms with Crippen molar-refractivity contribution >= 4 is 17.5 Å². The number of benzene rings is 1. The molecule has 40 heavy (non-hydrogen) atoms. The zero-order valence-corrected chi connectivity index (χ0v) is 22.5. The number of fused-ring (bicyclic) bond motifs is 5. The normalized spacial score (nSPS) is 25.2. The van der Waals surface area contributed by atoms with Gasteiger partial charge in [0.05, 0.1) is 18.4 Å².